The van der Waals surface area contributed by atoms with Crippen LogP contribution in [-0.2, 0) is 10.1 Å². The van der Waals surface area contributed by atoms with Crippen LogP contribution >= 0.6 is 11.3 Å². The van der Waals surface area contributed by atoms with Crippen molar-refractivity contribution in [3.8, 4) is 16.3 Å². The lowest BCUT2D eigenvalue weighted by Gasteiger charge is -2.09. The molecule has 0 N–H and O–H groups in total. The van der Waals surface area contributed by atoms with Crippen molar-refractivity contribution in [3.63, 3.8) is 0 Å². The zero-order chi connectivity index (χ0) is 17.3. The number of aryl methyl sites for hydroxylation is 2. The normalized spacial score (nSPS) is 11.5. The van der Waals surface area contributed by atoms with Crippen molar-refractivity contribution < 1.29 is 17.0 Å². The zero-order valence-electron chi connectivity index (χ0n) is 13.0. The molecule has 1 aromatic heterocycles. The third-order valence-electron chi connectivity index (χ3n) is 3.35. The van der Waals surface area contributed by atoms with Gasteiger partial charge in [0.1, 0.15) is 21.5 Å². The van der Waals surface area contributed by atoms with Crippen molar-refractivity contribution in [1.82, 2.24) is 4.98 Å². The number of hydrogen-bond donors (Lipinski definition) is 0. The maximum atomic E-state index is 13.3. The second kappa shape index (κ2) is 6.33. The Morgan fingerprint density at radius 3 is 2.42 bits per heavy atom. The molecule has 2 aromatic carbocycles. The van der Waals surface area contributed by atoms with Crippen molar-refractivity contribution in [1.29, 1.82) is 0 Å². The SMILES string of the molecule is Cc1csc(-c2ccc(OS(=O)(=O)c3cc(F)ccc3C)cc2)n1. The predicted octanol–water partition coefficient (Wildman–Crippen LogP) is 4.33. The topological polar surface area (TPSA) is 56.3 Å². The standard InChI is InChI=1S/C17H14FNO3S2/c1-11-3-6-14(18)9-16(11)24(20,21)22-15-7-4-13(5-8-15)17-19-12(2)10-23-17/h3-10H,1-2H3. The molecule has 0 radical (unpaired) electrons. The molecule has 0 saturated heterocycles. The summed E-state index contributed by atoms with van der Waals surface area (Å²) < 4.78 is 43.1. The van der Waals surface area contributed by atoms with Crippen molar-refractivity contribution in [2.45, 2.75) is 18.7 Å². The van der Waals surface area contributed by atoms with Gasteiger partial charge in [-0.05, 0) is 55.8 Å². The number of aromatic nitrogens is 1. The van der Waals surface area contributed by atoms with E-state index in [0.29, 0.717) is 5.56 Å². The quantitative estimate of drug-likeness (QED) is 0.647. The summed E-state index contributed by atoms with van der Waals surface area (Å²) in [5.74, 6) is -0.465. The molecule has 0 amide bonds. The predicted molar refractivity (Wildman–Crippen MR) is 91.2 cm³/mol. The first-order chi connectivity index (χ1) is 11.3. The van der Waals surface area contributed by atoms with Gasteiger partial charge >= 0.3 is 10.1 Å². The summed E-state index contributed by atoms with van der Waals surface area (Å²) in [5.41, 5.74) is 2.23. The molecular formula is C17H14FNO3S2. The summed E-state index contributed by atoms with van der Waals surface area (Å²) in [6, 6.07) is 10.1. The van der Waals surface area contributed by atoms with Crippen LogP contribution in [0.25, 0.3) is 10.6 Å². The summed E-state index contributed by atoms with van der Waals surface area (Å²) >= 11 is 1.51. The molecule has 3 rings (SSSR count). The average molecular weight is 363 g/mol. The molecule has 0 atom stereocenters. The Labute approximate surface area is 143 Å². The number of halogens is 1. The van der Waals surface area contributed by atoms with E-state index in [1.807, 2.05) is 12.3 Å². The van der Waals surface area contributed by atoms with Gasteiger partial charge in [0.25, 0.3) is 0 Å². The Bertz CT molecular complexity index is 979. The van der Waals surface area contributed by atoms with Gasteiger partial charge in [-0.3, -0.25) is 0 Å². The number of hydrogen-bond acceptors (Lipinski definition) is 5. The lowest BCUT2D eigenvalue weighted by molar-refractivity contribution is 0.484. The third-order valence-corrected chi connectivity index (χ3v) is 5.75. The summed E-state index contributed by atoms with van der Waals surface area (Å²) in [7, 11) is -4.09. The van der Waals surface area contributed by atoms with Crippen LogP contribution in [0, 0.1) is 19.7 Å². The lowest BCUT2D eigenvalue weighted by atomic mass is 10.2. The van der Waals surface area contributed by atoms with E-state index in [1.165, 1.54) is 23.5 Å². The molecule has 3 aromatic rings. The van der Waals surface area contributed by atoms with Gasteiger partial charge in [-0.1, -0.05) is 6.07 Å². The molecule has 0 aliphatic heterocycles. The van der Waals surface area contributed by atoms with Gasteiger partial charge in [0.05, 0.1) is 0 Å². The molecule has 7 heteroatoms. The monoisotopic (exact) mass is 363 g/mol. The molecule has 0 aliphatic rings. The van der Waals surface area contributed by atoms with Crippen molar-refractivity contribution in [3.05, 3.63) is 64.9 Å². The van der Waals surface area contributed by atoms with Crippen molar-refractivity contribution in [2.75, 3.05) is 0 Å². The van der Waals surface area contributed by atoms with E-state index in [9.17, 15) is 12.8 Å². The number of rotatable bonds is 4. The first kappa shape index (κ1) is 16.6. The summed E-state index contributed by atoms with van der Waals surface area (Å²) in [6.07, 6.45) is 0. The fourth-order valence-electron chi connectivity index (χ4n) is 2.15. The van der Waals surface area contributed by atoms with Crippen LogP contribution < -0.4 is 4.18 Å². The van der Waals surface area contributed by atoms with E-state index in [4.69, 9.17) is 4.18 Å². The van der Waals surface area contributed by atoms with Crippen molar-refractivity contribution >= 4 is 21.5 Å². The van der Waals surface area contributed by atoms with Crippen LogP contribution in [0.5, 0.6) is 5.75 Å². The molecule has 0 spiro atoms. The molecule has 4 nitrogen and oxygen atoms in total. The minimum absolute atomic E-state index is 0.163. The van der Waals surface area contributed by atoms with E-state index in [0.717, 1.165) is 22.3 Å². The Morgan fingerprint density at radius 2 is 1.79 bits per heavy atom. The van der Waals surface area contributed by atoms with Gasteiger partial charge in [0, 0.05) is 16.6 Å². The van der Waals surface area contributed by atoms with Crippen LogP contribution in [0.15, 0.2) is 52.7 Å². The number of nitrogens with zero attached hydrogens (tertiary/aromatic N) is 1. The molecule has 0 bridgehead atoms. The highest BCUT2D eigenvalue weighted by Crippen LogP contribution is 2.27. The van der Waals surface area contributed by atoms with Gasteiger partial charge in [-0.15, -0.1) is 11.3 Å². The summed E-state index contributed by atoms with van der Waals surface area (Å²) in [5, 5.41) is 2.79. The smallest absolute Gasteiger partial charge is 0.339 e. The average Bonchev–Trinajstić information content (AvgIpc) is 2.96. The van der Waals surface area contributed by atoms with Crippen LogP contribution in [-0.4, -0.2) is 13.4 Å². The lowest BCUT2D eigenvalue weighted by Crippen LogP contribution is -2.11. The molecule has 0 saturated carbocycles. The highest BCUT2D eigenvalue weighted by atomic mass is 32.2. The number of benzene rings is 2. The fraction of sp³-hybridized carbons (Fsp3) is 0.118. The van der Waals surface area contributed by atoms with Gasteiger partial charge in [0.15, 0.2) is 0 Å². The largest absolute Gasteiger partial charge is 0.379 e. The van der Waals surface area contributed by atoms with E-state index in [1.54, 1.807) is 31.2 Å². The third kappa shape index (κ3) is 3.47. The van der Waals surface area contributed by atoms with Gasteiger partial charge < -0.3 is 4.18 Å². The summed E-state index contributed by atoms with van der Waals surface area (Å²) in [6.45, 7) is 3.49. The molecule has 0 unspecified atom stereocenters. The Morgan fingerprint density at radius 1 is 1.08 bits per heavy atom. The van der Waals surface area contributed by atoms with Gasteiger partial charge in [-0.25, -0.2) is 9.37 Å². The van der Waals surface area contributed by atoms with Gasteiger partial charge in [-0.2, -0.15) is 8.42 Å². The maximum Gasteiger partial charge on any atom is 0.339 e. The molecule has 0 aliphatic carbocycles. The Kier molecular flexibility index (Phi) is 4.38. The van der Waals surface area contributed by atoms with Crippen LogP contribution in [0.2, 0.25) is 0 Å². The molecule has 24 heavy (non-hydrogen) atoms. The molecule has 124 valence electrons. The maximum absolute atomic E-state index is 13.3. The second-order valence-corrected chi connectivity index (χ2v) is 7.64. The summed E-state index contributed by atoms with van der Waals surface area (Å²) in [4.78, 5) is 4.19. The van der Waals surface area contributed by atoms with Gasteiger partial charge in [0.2, 0.25) is 0 Å². The molecule has 1 heterocycles. The minimum Gasteiger partial charge on any atom is -0.379 e. The van der Waals surface area contributed by atoms with Crippen molar-refractivity contribution in [2.24, 2.45) is 0 Å². The van der Waals surface area contributed by atoms with E-state index in [2.05, 4.69) is 4.98 Å². The minimum atomic E-state index is -4.09. The first-order valence-corrected chi connectivity index (χ1v) is 9.37. The van der Waals surface area contributed by atoms with E-state index >= 15 is 0 Å². The Balaban J connectivity index is 1.86. The van der Waals surface area contributed by atoms with E-state index in [-0.39, 0.29) is 10.6 Å². The molecule has 0 fully saturated rings. The van der Waals surface area contributed by atoms with Crippen LogP contribution in [0.3, 0.4) is 0 Å². The van der Waals surface area contributed by atoms with E-state index < -0.39 is 15.9 Å². The first-order valence-electron chi connectivity index (χ1n) is 7.08. The molecular weight excluding hydrogens is 349 g/mol. The fourth-order valence-corrected chi connectivity index (χ4v) is 4.13. The van der Waals surface area contributed by atoms with Crippen LogP contribution in [0.1, 0.15) is 11.3 Å². The number of thiazole rings is 1. The van der Waals surface area contributed by atoms with Crippen LogP contribution in [0.4, 0.5) is 4.39 Å². The second-order valence-electron chi connectivity index (χ2n) is 5.27. The Hall–Kier alpha value is -2.25. The highest BCUT2D eigenvalue weighted by molar-refractivity contribution is 7.87. The zero-order valence-corrected chi connectivity index (χ0v) is 14.6. The highest BCUT2D eigenvalue weighted by Gasteiger charge is 2.20.